The second-order valence-electron chi connectivity index (χ2n) is 1.78. The van der Waals surface area contributed by atoms with Gasteiger partial charge in [0.1, 0.15) is 0 Å². The van der Waals surface area contributed by atoms with Gasteiger partial charge in [-0.15, -0.1) is 0 Å². The Morgan fingerprint density at radius 3 is 2.75 bits per heavy atom. The number of unbranched alkanes of at least 4 members (excludes halogenated alkanes) is 1. The number of hydrazine groups is 1. The summed E-state index contributed by atoms with van der Waals surface area (Å²) in [5.41, 5.74) is 2.69. The smallest absolute Gasteiger partial charge is 0.0724 e. The van der Waals surface area contributed by atoms with E-state index in [9.17, 15) is 0 Å². The zero-order valence-corrected chi connectivity index (χ0v) is 7.31. The maximum atomic E-state index is 5.16. The lowest BCUT2D eigenvalue weighted by atomic mass is 10.2. The molecule has 3 N–H and O–H groups in total. The summed E-state index contributed by atoms with van der Waals surface area (Å²) in [7, 11) is 0. The fourth-order valence-corrected chi connectivity index (χ4v) is 0.907. The Morgan fingerprint density at radius 2 is 2.38 bits per heavy atom. The van der Waals surface area contributed by atoms with Crippen LogP contribution in [0.5, 0.6) is 0 Å². The predicted molar refractivity (Wildman–Crippen MR) is 44.7 cm³/mol. The number of halogens is 1. The summed E-state index contributed by atoms with van der Waals surface area (Å²) >= 11 is 2.29. The highest BCUT2D eigenvalue weighted by molar-refractivity contribution is 14.1. The quantitative estimate of drug-likeness (QED) is 0.251. The van der Waals surface area contributed by atoms with Crippen molar-refractivity contribution in [2.24, 2.45) is 5.84 Å². The number of hydrogen-bond donors (Lipinski definition) is 2. The number of rotatable bonds is 4. The first-order valence-electron chi connectivity index (χ1n) is 2.91. The summed E-state index contributed by atoms with van der Waals surface area (Å²) in [5.74, 6) is 5.16. The number of alkyl halides is 1. The molecule has 2 nitrogen and oxygen atoms in total. The Labute approximate surface area is 64.3 Å². The molecule has 0 rings (SSSR count). The van der Waals surface area contributed by atoms with Crippen LogP contribution in [-0.4, -0.2) is 4.05 Å². The molecule has 0 aromatic carbocycles. The van der Waals surface area contributed by atoms with Gasteiger partial charge in [-0.25, -0.2) is 5.43 Å². The van der Waals surface area contributed by atoms with Gasteiger partial charge in [0, 0.05) is 0 Å². The van der Waals surface area contributed by atoms with Crippen molar-refractivity contribution in [3.63, 3.8) is 0 Å². The molecule has 0 fully saturated rings. The molecule has 50 valence electrons. The Hall–Kier alpha value is 0.650. The highest BCUT2D eigenvalue weighted by Crippen LogP contribution is 2.04. The van der Waals surface area contributed by atoms with E-state index in [1.807, 2.05) is 0 Å². The molecule has 0 aliphatic rings. The molecule has 0 aromatic heterocycles. The van der Waals surface area contributed by atoms with Gasteiger partial charge in [0.05, 0.1) is 4.05 Å². The van der Waals surface area contributed by atoms with Crippen LogP contribution in [0.3, 0.4) is 0 Å². The molecule has 0 amide bonds. The molecule has 1 atom stereocenters. The van der Waals surface area contributed by atoms with Crippen LogP contribution >= 0.6 is 22.6 Å². The normalized spacial score (nSPS) is 13.9. The maximum Gasteiger partial charge on any atom is 0.0724 e. The van der Waals surface area contributed by atoms with Gasteiger partial charge in [-0.05, 0) is 6.42 Å². The van der Waals surface area contributed by atoms with Crippen LogP contribution in [0.1, 0.15) is 26.2 Å². The fourth-order valence-electron chi connectivity index (χ4n) is 0.467. The Balaban J connectivity index is 2.86. The van der Waals surface area contributed by atoms with Crippen LogP contribution < -0.4 is 11.3 Å². The Morgan fingerprint density at radius 1 is 1.75 bits per heavy atom. The van der Waals surface area contributed by atoms with Gasteiger partial charge >= 0.3 is 0 Å². The fraction of sp³-hybridized carbons (Fsp3) is 1.00. The molecule has 0 aliphatic carbocycles. The first kappa shape index (κ1) is 8.65. The van der Waals surface area contributed by atoms with Crippen LogP contribution in [0.2, 0.25) is 0 Å². The Kier molecular flexibility index (Phi) is 6.25. The molecule has 0 spiro atoms. The summed E-state index contributed by atoms with van der Waals surface area (Å²) in [5, 5.41) is 0. The van der Waals surface area contributed by atoms with Crippen LogP contribution in [0, 0.1) is 0 Å². The number of hydrogen-bond acceptors (Lipinski definition) is 2. The standard InChI is InChI=1S/C5H13IN2/c1-2-3-4-5(6)8-7/h5,8H,2-4,7H2,1H3. The largest absolute Gasteiger partial charge is 0.270 e. The lowest BCUT2D eigenvalue weighted by Gasteiger charge is -2.04. The average molecular weight is 228 g/mol. The van der Waals surface area contributed by atoms with Crippen molar-refractivity contribution < 1.29 is 0 Å². The van der Waals surface area contributed by atoms with E-state index < -0.39 is 0 Å². The first-order chi connectivity index (χ1) is 3.81. The van der Waals surface area contributed by atoms with E-state index in [0.29, 0.717) is 4.05 Å². The first-order valence-corrected chi connectivity index (χ1v) is 4.16. The summed E-state index contributed by atoms with van der Waals surface area (Å²) in [6, 6.07) is 0. The van der Waals surface area contributed by atoms with Crippen molar-refractivity contribution in [1.82, 2.24) is 5.43 Å². The molecule has 0 bridgehead atoms. The van der Waals surface area contributed by atoms with Gasteiger partial charge in [0.2, 0.25) is 0 Å². The average Bonchev–Trinajstić information content (AvgIpc) is 1.83. The van der Waals surface area contributed by atoms with Crippen molar-refractivity contribution in [2.45, 2.75) is 30.2 Å². The summed E-state index contributed by atoms with van der Waals surface area (Å²) in [4.78, 5) is 0. The van der Waals surface area contributed by atoms with Gasteiger partial charge < -0.3 is 0 Å². The SMILES string of the molecule is CCCCC(I)NN. The van der Waals surface area contributed by atoms with Crippen LogP contribution in [0.15, 0.2) is 0 Å². The van der Waals surface area contributed by atoms with E-state index in [2.05, 4.69) is 34.9 Å². The molecule has 0 saturated carbocycles. The van der Waals surface area contributed by atoms with Crippen molar-refractivity contribution in [3.8, 4) is 0 Å². The molecule has 0 radical (unpaired) electrons. The second-order valence-corrected chi connectivity index (χ2v) is 3.28. The molecular formula is C5H13IN2. The zero-order chi connectivity index (χ0) is 6.41. The molecule has 0 saturated heterocycles. The van der Waals surface area contributed by atoms with E-state index in [1.165, 1.54) is 19.3 Å². The van der Waals surface area contributed by atoms with E-state index in [4.69, 9.17) is 5.84 Å². The van der Waals surface area contributed by atoms with Gasteiger partial charge in [0.25, 0.3) is 0 Å². The summed E-state index contributed by atoms with van der Waals surface area (Å²) in [6.07, 6.45) is 3.69. The Bertz CT molecular complexity index is 49.7. The molecule has 8 heavy (non-hydrogen) atoms. The van der Waals surface area contributed by atoms with Crippen molar-refractivity contribution in [1.29, 1.82) is 0 Å². The van der Waals surface area contributed by atoms with E-state index >= 15 is 0 Å². The molecule has 1 unspecified atom stereocenters. The van der Waals surface area contributed by atoms with Crippen LogP contribution in [0.25, 0.3) is 0 Å². The number of nitrogens with two attached hydrogens (primary N) is 1. The molecule has 0 heterocycles. The summed E-state index contributed by atoms with van der Waals surface area (Å²) in [6.45, 7) is 2.18. The molecule has 0 aliphatic heterocycles. The monoisotopic (exact) mass is 228 g/mol. The molecular weight excluding hydrogens is 215 g/mol. The minimum absolute atomic E-state index is 0.451. The second kappa shape index (κ2) is 5.78. The van der Waals surface area contributed by atoms with Gasteiger partial charge in [-0.3, -0.25) is 5.84 Å². The van der Waals surface area contributed by atoms with E-state index in [-0.39, 0.29) is 0 Å². The van der Waals surface area contributed by atoms with Crippen molar-refractivity contribution >= 4 is 22.6 Å². The maximum absolute atomic E-state index is 5.16. The molecule has 3 heteroatoms. The highest BCUT2D eigenvalue weighted by atomic mass is 127. The lowest BCUT2D eigenvalue weighted by molar-refractivity contribution is 0.618. The molecule has 0 aromatic rings. The van der Waals surface area contributed by atoms with Gasteiger partial charge in [-0.1, -0.05) is 42.4 Å². The summed E-state index contributed by atoms with van der Waals surface area (Å²) < 4.78 is 0.451. The van der Waals surface area contributed by atoms with Crippen LogP contribution in [0.4, 0.5) is 0 Å². The topological polar surface area (TPSA) is 38.0 Å². The third-order valence-electron chi connectivity index (χ3n) is 0.992. The number of nitrogens with one attached hydrogen (secondary N) is 1. The minimum atomic E-state index is 0.451. The van der Waals surface area contributed by atoms with Gasteiger partial charge in [-0.2, -0.15) is 0 Å². The minimum Gasteiger partial charge on any atom is -0.270 e. The zero-order valence-electron chi connectivity index (χ0n) is 5.15. The third kappa shape index (κ3) is 4.80. The van der Waals surface area contributed by atoms with Gasteiger partial charge in [0.15, 0.2) is 0 Å². The van der Waals surface area contributed by atoms with Crippen molar-refractivity contribution in [2.75, 3.05) is 0 Å². The highest BCUT2D eigenvalue weighted by Gasteiger charge is 1.96. The van der Waals surface area contributed by atoms with Crippen LogP contribution in [-0.2, 0) is 0 Å². The predicted octanol–water partition coefficient (Wildman–Crippen LogP) is 1.40. The third-order valence-corrected chi connectivity index (χ3v) is 1.97. The lowest BCUT2D eigenvalue weighted by Crippen LogP contribution is -2.29. The van der Waals surface area contributed by atoms with E-state index in [0.717, 1.165) is 0 Å². The van der Waals surface area contributed by atoms with Crippen molar-refractivity contribution in [3.05, 3.63) is 0 Å². The van der Waals surface area contributed by atoms with E-state index in [1.54, 1.807) is 0 Å².